The molecule has 1 fully saturated rings. The third kappa shape index (κ3) is 3.64. The van der Waals surface area contributed by atoms with Gasteiger partial charge in [0.1, 0.15) is 0 Å². The van der Waals surface area contributed by atoms with Crippen LogP contribution in [0.2, 0.25) is 0 Å². The van der Waals surface area contributed by atoms with Crippen LogP contribution in [0.25, 0.3) is 0 Å². The van der Waals surface area contributed by atoms with Crippen LogP contribution in [-0.2, 0) is 0 Å². The zero-order valence-electron chi connectivity index (χ0n) is 11.9. The lowest BCUT2D eigenvalue weighted by Crippen LogP contribution is -2.32. The lowest BCUT2D eigenvalue weighted by atomic mass is 10.1. The number of piperidine rings is 1. The Balaban J connectivity index is 1.97. The van der Waals surface area contributed by atoms with Crippen molar-refractivity contribution >= 4 is 11.6 Å². The molecule has 0 bridgehead atoms. The van der Waals surface area contributed by atoms with E-state index < -0.39 is 0 Å². The highest BCUT2D eigenvalue weighted by Crippen LogP contribution is 2.10. The molecule has 1 amide bonds. The first-order valence-corrected chi connectivity index (χ1v) is 6.68. The summed E-state index contributed by atoms with van der Waals surface area (Å²) in [6, 6.07) is 5.71. The van der Waals surface area contributed by atoms with Gasteiger partial charge in [0, 0.05) is 37.2 Å². The van der Waals surface area contributed by atoms with E-state index in [0.29, 0.717) is 5.56 Å². The van der Waals surface area contributed by atoms with Gasteiger partial charge in [-0.2, -0.15) is 5.10 Å². The van der Waals surface area contributed by atoms with E-state index in [0.717, 1.165) is 37.2 Å². The van der Waals surface area contributed by atoms with E-state index in [1.807, 2.05) is 32.0 Å². The molecule has 0 saturated carbocycles. The number of hydrogen-bond acceptors (Lipinski definition) is 3. The van der Waals surface area contributed by atoms with Crippen LogP contribution in [0.1, 0.15) is 34.3 Å². The quantitative estimate of drug-likeness (QED) is 0.827. The van der Waals surface area contributed by atoms with Gasteiger partial charge in [0.15, 0.2) is 0 Å². The molecule has 1 aromatic carbocycles. The third-order valence-corrected chi connectivity index (χ3v) is 3.65. The van der Waals surface area contributed by atoms with E-state index >= 15 is 0 Å². The summed E-state index contributed by atoms with van der Waals surface area (Å²) >= 11 is 0. The highest BCUT2D eigenvalue weighted by Gasteiger charge is 2.12. The maximum Gasteiger partial charge on any atom is 0.271 e. The summed E-state index contributed by atoms with van der Waals surface area (Å²) in [6.07, 6.45) is 1.87. The fourth-order valence-corrected chi connectivity index (χ4v) is 2.07. The van der Waals surface area contributed by atoms with Crippen molar-refractivity contribution in [3.8, 4) is 0 Å². The van der Waals surface area contributed by atoms with Crippen LogP contribution in [0.4, 0.5) is 0 Å². The van der Waals surface area contributed by atoms with Crippen LogP contribution in [-0.4, -0.2) is 36.7 Å². The van der Waals surface area contributed by atoms with E-state index in [4.69, 9.17) is 0 Å². The van der Waals surface area contributed by atoms with Crippen molar-refractivity contribution < 1.29 is 4.79 Å². The molecule has 0 unspecified atom stereocenters. The number of nitrogens with one attached hydrogen (secondary N) is 1. The van der Waals surface area contributed by atoms with Gasteiger partial charge in [-0.05, 0) is 44.2 Å². The van der Waals surface area contributed by atoms with Crippen LogP contribution in [0.3, 0.4) is 0 Å². The van der Waals surface area contributed by atoms with Gasteiger partial charge in [0.2, 0.25) is 0 Å². The third-order valence-electron chi connectivity index (χ3n) is 3.65. The van der Waals surface area contributed by atoms with E-state index in [-0.39, 0.29) is 5.91 Å². The normalized spacial score (nSPS) is 16.3. The zero-order valence-corrected chi connectivity index (χ0v) is 11.9. The van der Waals surface area contributed by atoms with Crippen molar-refractivity contribution in [2.24, 2.45) is 5.10 Å². The van der Waals surface area contributed by atoms with Gasteiger partial charge in [0.25, 0.3) is 5.91 Å². The summed E-state index contributed by atoms with van der Waals surface area (Å²) in [4.78, 5) is 14.3. The van der Waals surface area contributed by atoms with Gasteiger partial charge in [-0.3, -0.25) is 4.79 Å². The van der Waals surface area contributed by atoms with Gasteiger partial charge in [-0.15, -0.1) is 0 Å². The van der Waals surface area contributed by atoms with Gasteiger partial charge < -0.3 is 4.90 Å². The number of amides is 1. The van der Waals surface area contributed by atoms with Crippen molar-refractivity contribution in [2.45, 2.75) is 26.7 Å². The topological polar surface area (TPSA) is 44.7 Å². The highest BCUT2D eigenvalue weighted by molar-refractivity contribution is 5.95. The predicted molar refractivity (Wildman–Crippen MR) is 77.5 cm³/mol. The van der Waals surface area contributed by atoms with Crippen LogP contribution in [0.15, 0.2) is 23.3 Å². The molecule has 0 spiro atoms. The van der Waals surface area contributed by atoms with Crippen molar-refractivity contribution in [3.05, 3.63) is 34.9 Å². The summed E-state index contributed by atoms with van der Waals surface area (Å²) in [6.45, 7) is 6.07. The fraction of sp³-hybridized carbons (Fsp3) is 0.467. The lowest BCUT2D eigenvalue weighted by molar-refractivity contribution is 0.0954. The van der Waals surface area contributed by atoms with Crippen LogP contribution >= 0.6 is 0 Å². The van der Waals surface area contributed by atoms with Crippen molar-refractivity contribution in [1.82, 2.24) is 10.3 Å². The van der Waals surface area contributed by atoms with Crippen LogP contribution < -0.4 is 5.43 Å². The molecule has 1 saturated heterocycles. The molecule has 4 heteroatoms. The molecular weight excluding hydrogens is 238 g/mol. The van der Waals surface area contributed by atoms with Crippen molar-refractivity contribution in [3.63, 3.8) is 0 Å². The Labute approximate surface area is 114 Å². The second-order valence-electron chi connectivity index (χ2n) is 5.22. The standard InChI is InChI=1S/C15H21N3O/c1-11-4-5-13(10-12(11)2)15(19)17-16-14-6-8-18(3)9-7-14/h4-5,10H,6-9H2,1-3H3,(H,17,19). The maximum absolute atomic E-state index is 12.0. The highest BCUT2D eigenvalue weighted by atomic mass is 16.2. The number of hydrogen-bond donors (Lipinski definition) is 1. The summed E-state index contributed by atoms with van der Waals surface area (Å²) in [5.74, 6) is -0.130. The molecule has 1 N–H and O–H groups in total. The van der Waals surface area contributed by atoms with Gasteiger partial charge in [0.05, 0.1) is 0 Å². The summed E-state index contributed by atoms with van der Waals surface area (Å²) in [5.41, 5.74) is 6.72. The zero-order chi connectivity index (χ0) is 13.8. The molecule has 4 nitrogen and oxygen atoms in total. The Morgan fingerprint density at radius 2 is 1.89 bits per heavy atom. The van der Waals surface area contributed by atoms with Crippen LogP contribution in [0, 0.1) is 13.8 Å². The summed E-state index contributed by atoms with van der Waals surface area (Å²) in [5, 5.41) is 4.24. The predicted octanol–water partition coefficient (Wildman–Crippen LogP) is 2.11. The molecule has 1 aliphatic heterocycles. The Kier molecular flexibility index (Phi) is 4.32. The Morgan fingerprint density at radius 1 is 1.21 bits per heavy atom. The number of carbonyl (C=O) groups excluding carboxylic acids is 1. The Bertz CT molecular complexity index is 498. The molecule has 0 aromatic heterocycles. The van der Waals surface area contributed by atoms with Gasteiger partial charge in [-0.1, -0.05) is 6.07 Å². The van der Waals surface area contributed by atoms with E-state index in [9.17, 15) is 4.79 Å². The fourth-order valence-electron chi connectivity index (χ4n) is 2.07. The van der Waals surface area contributed by atoms with E-state index in [1.54, 1.807) is 0 Å². The van der Waals surface area contributed by atoms with Gasteiger partial charge in [-0.25, -0.2) is 5.43 Å². The Morgan fingerprint density at radius 3 is 2.53 bits per heavy atom. The van der Waals surface area contributed by atoms with Crippen molar-refractivity contribution in [2.75, 3.05) is 20.1 Å². The number of hydrazone groups is 1. The SMILES string of the molecule is Cc1ccc(C(=O)NN=C2CCN(C)CC2)cc1C. The first-order chi connectivity index (χ1) is 9.06. The number of carbonyl (C=O) groups is 1. The van der Waals surface area contributed by atoms with Crippen molar-refractivity contribution in [1.29, 1.82) is 0 Å². The second kappa shape index (κ2) is 5.97. The number of aryl methyl sites for hydroxylation is 2. The second-order valence-corrected chi connectivity index (χ2v) is 5.22. The van der Waals surface area contributed by atoms with E-state index in [1.165, 1.54) is 5.56 Å². The molecule has 102 valence electrons. The average Bonchev–Trinajstić information content (AvgIpc) is 2.41. The first kappa shape index (κ1) is 13.7. The molecule has 19 heavy (non-hydrogen) atoms. The smallest absolute Gasteiger partial charge is 0.271 e. The molecule has 1 aromatic rings. The molecule has 1 heterocycles. The van der Waals surface area contributed by atoms with E-state index in [2.05, 4.69) is 22.5 Å². The molecule has 0 radical (unpaired) electrons. The maximum atomic E-state index is 12.0. The minimum atomic E-state index is -0.130. The lowest BCUT2D eigenvalue weighted by Gasteiger charge is -2.22. The average molecular weight is 259 g/mol. The number of likely N-dealkylation sites (tertiary alicyclic amines) is 1. The number of rotatable bonds is 2. The first-order valence-electron chi connectivity index (χ1n) is 6.68. The molecule has 1 aliphatic rings. The number of nitrogens with zero attached hydrogens (tertiary/aromatic N) is 2. The monoisotopic (exact) mass is 259 g/mol. The summed E-state index contributed by atoms with van der Waals surface area (Å²) in [7, 11) is 2.10. The Hall–Kier alpha value is -1.68. The summed E-state index contributed by atoms with van der Waals surface area (Å²) < 4.78 is 0. The molecule has 0 atom stereocenters. The largest absolute Gasteiger partial charge is 0.306 e. The van der Waals surface area contributed by atoms with Crippen LogP contribution in [0.5, 0.6) is 0 Å². The molecule has 0 aliphatic carbocycles. The van der Waals surface area contributed by atoms with Gasteiger partial charge >= 0.3 is 0 Å². The molecular formula is C15H21N3O. The number of benzene rings is 1. The minimum Gasteiger partial charge on any atom is -0.306 e. The molecule has 2 rings (SSSR count). The minimum absolute atomic E-state index is 0.130.